The molecule has 35 heavy (non-hydrogen) atoms. The highest BCUT2D eigenvalue weighted by atomic mass is 79.9. The van der Waals surface area contributed by atoms with Gasteiger partial charge in [0.25, 0.3) is 0 Å². The van der Waals surface area contributed by atoms with Crippen molar-refractivity contribution in [3.05, 3.63) is 57.9 Å². The fourth-order valence-corrected chi connectivity index (χ4v) is 5.12. The maximum absolute atomic E-state index is 13.9. The SMILES string of the molecule is CC(C)(C)CC(=O)NCCCNS(=O)(=O)c1cc(-c2nc(-c3ccc(Br)c(F)c3)c[nH]2)ccc1Cl. The van der Waals surface area contributed by atoms with Gasteiger partial charge in [-0.15, -0.1) is 0 Å². The Kier molecular flexibility index (Phi) is 8.74. The van der Waals surface area contributed by atoms with E-state index in [2.05, 4.69) is 35.9 Å². The molecule has 7 nitrogen and oxygen atoms in total. The molecule has 0 fully saturated rings. The number of sulfonamides is 1. The summed E-state index contributed by atoms with van der Waals surface area (Å²) in [5.41, 5.74) is 1.48. The van der Waals surface area contributed by atoms with E-state index in [4.69, 9.17) is 11.6 Å². The van der Waals surface area contributed by atoms with Crippen molar-refractivity contribution in [1.29, 1.82) is 0 Å². The molecule has 1 aromatic heterocycles. The second kappa shape index (κ2) is 11.2. The third-order valence-corrected chi connectivity index (χ3v) is 7.53. The van der Waals surface area contributed by atoms with Crippen molar-refractivity contribution in [2.75, 3.05) is 13.1 Å². The van der Waals surface area contributed by atoms with E-state index in [-0.39, 0.29) is 27.8 Å². The topological polar surface area (TPSA) is 104 Å². The van der Waals surface area contributed by atoms with Crippen LogP contribution in [-0.2, 0) is 14.8 Å². The summed E-state index contributed by atoms with van der Waals surface area (Å²) in [4.78, 5) is 19.3. The second-order valence-corrected chi connectivity index (χ2v) is 12.2. The van der Waals surface area contributed by atoms with Gasteiger partial charge in [0.15, 0.2) is 0 Å². The Morgan fingerprint density at radius 3 is 2.54 bits per heavy atom. The number of nitrogens with zero attached hydrogens (tertiary/aromatic N) is 1. The Morgan fingerprint density at radius 1 is 1.14 bits per heavy atom. The summed E-state index contributed by atoms with van der Waals surface area (Å²) >= 11 is 9.31. The molecule has 0 saturated heterocycles. The molecule has 0 atom stereocenters. The third kappa shape index (κ3) is 7.60. The normalized spacial score (nSPS) is 12.1. The van der Waals surface area contributed by atoms with Gasteiger partial charge in [-0.25, -0.2) is 22.5 Å². The molecule has 0 spiro atoms. The Morgan fingerprint density at radius 2 is 1.86 bits per heavy atom. The van der Waals surface area contributed by atoms with Crippen LogP contribution in [0.1, 0.15) is 33.6 Å². The van der Waals surface area contributed by atoms with Crippen LogP contribution in [0, 0.1) is 11.2 Å². The number of amides is 1. The van der Waals surface area contributed by atoms with Gasteiger partial charge in [0.1, 0.15) is 16.5 Å². The molecule has 0 bridgehead atoms. The molecule has 0 unspecified atom stereocenters. The zero-order valence-corrected chi connectivity index (χ0v) is 22.7. The molecule has 0 radical (unpaired) electrons. The molecule has 1 amide bonds. The largest absolute Gasteiger partial charge is 0.356 e. The summed E-state index contributed by atoms with van der Waals surface area (Å²) in [6, 6.07) is 9.24. The van der Waals surface area contributed by atoms with Gasteiger partial charge in [-0.1, -0.05) is 38.4 Å². The third-order valence-electron chi connectivity index (χ3n) is 4.95. The smallest absolute Gasteiger partial charge is 0.242 e. The predicted octanol–water partition coefficient (Wildman–Crippen LogP) is 5.52. The Hall–Kier alpha value is -2.27. The minimum Gasteiger partial charge on any atom is -0.356 e. The minimum absolute atomic E-state index is 0.0696. The van der Waals surface area contributed by atoms with Crippen LogP contribution in [0.25, 0.3) is 22.6 Å². The van der Waals surface area contributed by atoms with Crippen molar-refractivity contribution in [3.63, 3.8) is 0 Å². The van der Waals surface area contributed by atoms with Gasteiger partial charge in [-0.3, -0.25) is 4.79 Å². The van der Waals surface area contributed by atoms with Crippen molar-refractivity contribution in [1.82, 2.24) is 20.0 Å². The van der Waals surface area contributed by atoms with Gasteiger partial charge in [0.2, 0.25) is 15.9 Å². The number of hydrogen-bond donors (Lipinski definition) is 3. The number of benzene rings is 2. The van der Waals surface area contributed by atoms with Crippen molar-refractivity contribution in [3.8, 4) is 22.6 Å². The summed E-state index contributed by atoms with van der Waals surface area (Å²) in [6.45, 7) is 6.42. The van der Waals surface area contributed by atoms with E-state index in [0.29, 0.717) is 46.5 Å². The minimum atomic E-state index is -3.90. The van der Waals surface area contributed by atoms with E-state index < -0.39 is 15.8 Å². The number of hydrogen-bond acceptors (Lipinski definition) is 4. The first-order valence-electron chi connectivity index (χ1n) is 10.9. The summed E-state index contributed by atoms with van der Waals surface area (Å²) in [5, 5.41) is 2.86. The number of H-pyrrole nitrogens is 1. The van der Waals surface area contributed by atoms with Crippen molar-refractivity contribution >= 4 is 43.5 Å². The fraction of sp³-hybridized carbons (Fsp3) is 0.333. The molecule has 3 N–H and O–H groups in total. The van der Waals surface area contributed by atoms with Crippen LogP contribution in [0.15, 0.2) is 52.0 Å². The Bertz CT molecular complexity index is 1320. The molecule has 1 heterocycles. The van der Waals surface area contributed by atoms with Gasteiger partial charge >= 0.3 is 0 Å². The highest BCUT2D eigenvalue weighted by Gasteiger charge is 2.20. The number of nitrogens with one attached hydrogen (secondary N) is 3. The molecule has 11 heteroatoms. The lowest BCUT2D eigenvalue weighted by Crippen LogP contribution is -2.31. The lowest BCUT2D eigenvalue weighted by Gasteiger charge is -2.17. The van der Waals surface area contributed by atoms with Crippen LogP contribution in [-0.4, -0.2) is 37.4 Å². The first-order valence-corrected chi connectivity index (χ1v) is 13.6. The molecule has 0 aliphatic rings. The van der Waals surface area contributed by atoms with Gasteiger partial charge in [-0.05, 0) is 58.1 Å². The average molecular weight is 586 g/mol. The lowest BCUT2D eigenvalue weighted by atomic mass is 9.92. The van der Waals surface area contributed by atoms with Crippen LogP contribution in [0.3, 0.4) is 0 Å². The average Bonchev–Trinajstić information content (AvgIpc) is 3.24. The standard InChI is InChI=1S/C24H27BrClFN4O3S/c1-24(2,3)13-22(32)28-9-4-10-30-35(33,34)21-12-16(6-8-18(21)26)23-29-14-20(31-23)15-5-7-17(25)19(27)11-15/h5-8,11-12,14,30H,4,9-10,13H2,1-3H3,(H,28,32)(H,29,31). The zero-order valence-electron chi connectivity index (χ0n) is 19.6. The summed E-state index contributed by atoms with van der Waals surface area (Å²) in [5.74, 6) is -0.0652. The fourth-order valence-electron chi connectivity index (χ4n) is 3.27. The van der Waals surface area contributed by atoms with E-state index in [1.165, 1.54) is 18.2 Å². The van der Waals surface area contributed by atoms with Gasteiger partial charge < -0.3 is 10.3 Å². The molecule has 0 aliphatic carbocycles. The van der Waals surface area contributed by atoms with Gasteiger partial charge in [-0.2, -0.15) is 0 Å². The quantitative estimate of drug-likeness (QED) is 0.288. The number of rotatable bonds is 9. The van der Waals surface area contributed by atoms with Crippen LogP contribution in [0.2, 0.25) is 5.02 Å². The van der Waals surface area contributed by atoms with E-state index >= 15 is 0 Å². The molecule has 3 aromatic rings. The monoisotopic (exact) mass is 584 g/mol. The number of carbonyl (C=O) groups excluding carboxylic acids is 1. The number of imidazole rings is 1. The van der Waals surface area contributed by atoms with Crippen molar-refractivity contribution < 1.29 is 17.6 Å². The van der Waals surface area contributed by atoms with Gasteiger partial charge in [0.05, 0.1) is 15.2 Å². The molecule has 188 valence electrons. The molecule has 0 aliphatic heterocycles. The summed E-state index contributed by atoms with van der Waals surface area (Å²) in [6.07, 6.45) is 2.44. The highest BCUT2D eigenvalue weighted by Crippen LogP contribution is 2.29. The Balaban J connectivity index is 1.67. The number of aromatic nitrogens is 2. The predicted molar refractivity (Wildman–Crippen MR) is 139 cm³/mol. The van der Waals surface area contributed by atoms with Gasteiger partial charge in [0, 0.05) is 36.8 Å². The van der Waals surface area contributed by atoms with Crippen molar-refractivity contribution in [2.45, 2.75) is 38.5 Å². The van der Waals surface area contributed by atoms with E-state index in [1.54, 1.807) is 24.4 Å². The zero-order chi connectivity index (χ0) is 25.8. The lowest BCUT2D eigenvalue weighted by molar-refractivity contribution is -0.122. The highest BCUT2D eigenvalue weighted by molar-refractivity contribution is 9.10. The molecule has 3 rings (SSSR count). The number of halogens is 3. The first kappa shape index (κ1) is 27.3. The molecular weight excluding hydrogens is 559 g/mol. The van der Waals surface area contributed by atoms with Crippen LogP contribution < -0.4 is 10.0 Å². The number of aromatic amines is 1. The summed E-state index contributed by atoms with van der Waals surface area (Å²) in [7, 11) is -3.90. The second-order valence-electron chi connectivity index (χ2n) is 9.25. The van der Waals surface area contributed by atoms with E-state index in [9.17, 15) is 17.6 Å². The molecule has 2 aromatic carbocycles. The van der Waals surface area contributed by atoms with E-state index in [1.807, 2.05) is 20.8 Å². The summed E-state index contributed by atoms with van der Waals surface area (Å²) < 4.78 is 42.5. The van der Waals surface area contributed by atoms with E-state index in [0.717, 1.165) is 0 Å². The van der Waals surface area contributed by atoms with Crippen LogP contribution >= 0.6 is 27.5 Å². The maximum Gasteiger partial charge on any atom is 0.242 e. The molecular formula is C24H27BrClFN4O3S. The Labute approximate surface area is 218 Å². The molecule has 0 saturated carbocycles. The van der Waals surface area contributed by atoms with Crippen LogP contribution in [0.5, 0.6) is 0 Å². The number of carbonyl (C=O) groups is 1. The first-order chi connectivity index (χ1) is 16.4. The van der Waals surface area contributed by atoms with Crippen LogP contribution in [0.4, 0.5) is 4.39 Å². The van der Waals surface area contributed by atoms with Crippen molar-refractivity contribution in [2.24, 2.45) is 5.41 Å². The maximum atomic E-state index is 13.9.